The average molecular weight is 919 g/mol. The van der Waals surface area contributed by atoms with Gasteiger partial charge in [-0.25, -0.2) is 0 Å². The Morgan fingerprint density at radius 3 is 2.29 bits per heavy atom. The van der Waals surface area contributed by atoms with E-state index in [-0.39, 0.29) is 63.6 Å². The molecule has 10 nitrogen and oxygen atoms in total. The number of carbonyl (C=O) groups is 4. The fourth-order valence-electron chi connectivity index (χ4n) is 6.28. The summed E-state index contributed by atoms with van der Waals surface area (Å²) in [6.45, 7) is 9.27. The Balaban J connectivity index is 0.00000625. The van der Waals surface area contributed by atoms with E-state index >= 15 is 0 Å². The number of aromatic amines is 1. The number of benzene rings is 2. The summed E-state index contributed by atoms with van der Waals surface area (Å²) in [6, 6.07) is 11.2. The van der Waals surface area contributed by atoms with Gasteiger partial charge in [0.2, 0.25) is 17.7 Å². The van der Waals surface area contributed by atoms with E-state index in [0.29, 0.717) is 23.0 Å². The number of halogens is 1. The molecule has 3 aromatic rings. The van der Waals surface area contributed by atoms with Crippen molar-refractivity contribution in [1.82, 2.24) is 20.5 Å². The predicted octanol–water partition coefficient (Wildman–Crippen LogP) is 4.79. The Bertz CT molecular complexity index is 1640. The standard InChI is InChI=1S/C36H45BrN4O6.Pb.2H/c1-20-15-21(2)17-23(4)47-32(43)19-30(25-11-13-26(42)14-12-25)40-35(45)31(18-28-27-9-7-8-10-29(27)39-33(28)37)41(6)36(46)24(5)38-34(44)22(3)16-20;;;/h7-15,21-24,30-31,39,42H,16-19H2,1-6H3,(H,38,44)(H,40,45);;;/b20-15+;;;/t21-,22-,23-,24-,30+,31+;;;/m0.../s1. The molecular weight excluding hydrogens is 872 g/mol. The molecule has 2 radical (unpaired) electrons. The number of carbonyl (C=O) groups excluding carboxylic acids is 4. The Morgan fingerprint density at radius 2 is 1.60 bits per heavy atom. The van der Waals surface area contributed by atoms with Crippen LogP contribution in [0, 0.1) is 11.8 Å². The summed E-state index contributed by atoms with van der Waals surface area (Å²) in [7, 11) is 1.55. The van der Waals surface area contributed by atoms with E-state index in [1.54, 1.807) is 26.1 Å². The van der Waals surface area contributed by atoms with Crippen LogP contribution in [0.25, 0.3) is 10.9 Å². The topological polar surface area (TPSA) is 141 Å². The summed E-state index contributed by atoms with van der Waals surface area (Å²) in [6.07, 6.45) is 2.76. The van der Waals surface area contributed by atoms with Gasteiger partial charge in [0.15, 0.2) is 0 Å². The fraction of sp³-hybridized carbons (Fsp3) is 0.444. The van der Waals surface area contributed by atoms with Crippen LogP contribution in [0.5, 0.6) is 5.75 Å². The normalized spacial score (nSPS) is 26.6. The van der Waals surface area contributed by atoms with Crippen molar-refractivity contribution >= 4 is 77.8 Å². The molecule has 1 aliphatic heterocycles. The number of rotatable bonds is 3. The minimum atomic E-state index is -1.02. The number of hydrogen-bond donors (Lipinski definition) is 4. The first-order valence-corrected chi connectivity index (χ1v) is 16.8. The maximum absolute atomic E-state index is 14.3. The van der Waals surface area contributed by atoms with Crippen molar-refractivity contribution in [2.45, 2.75) is 84.5 Å². The molecule has 0 fully saturated rings. The second-order valence-electron chi connectivity index (χ2n) is 12.9. The number of aromatic nitrogens is 1. The first-order chi connectivity index (χ1) is 22.2. The number of phenolic OH excluding ortho intramolecular Hbond substituents is 1. The number of phenols is 1. The Labute approximate surface area is 310 Å². The van der Waals surface area contributed by atoms with Crippen LogP contribution in [0.4, 0.5) is 0 Å². The molecule has 6 atom stereocenters. The summed E-state index contributed by atoms with van der Waals surface area (Å²) < 4.78 is 6.47. The van der Waals surface area contributed by atoms with Crippen molar-refractivity contribution in [1.29, 1.82) is 0 Å². The number of nitrogens with zero attached hydrogens (tertiary/aromatic N) is 1. The van der Waals surface area contributed by atoms with Crippen LogP contribution in [0.2, 0.25) is 0 Å². The summed E-state index contributed by atoms with van der Waals surface area (Å²) in [4.78, 5) is 59.2. The van der Waals surface area contributed by atoms with E-state index in [9.17, 15) is 24.3 Å². The molecule has 0 saturated carbocycles. The molecule has 12 heteroatoms. The number of amides is 3. The number of cyclic esters (lactones) is 1. The average Bonchev–Trinajstić information content (AvgIpc) is 3.32. The van der Waals surface area contributed by atoms with Gasteiger partial charge in [-0.15, -0.1) is 0 Å². The number of para-hydroxylation sites is 1. The third-order valence-electron chi connectivity index (χ3n) is 8.67. The minimum absolute atomic E-state index is 0. The Hall–Kier alpha value is -3.20. The molecular formula is C36H47BrN4O6Pb. The molecule has 2 heterocycles. The van der Waals surface area contributed by atoms with Gasteiger partial charge in [0, 0.05) is 30.3 Å². The molecule has 1 aromatic heterocycles. The number of fused-ring (bicyclic) bond motifs is 1. The molecule has 0 bridgehead atoms. The van der Waals surface area contributed by atoms with E-state index < -0.39 is 42.0 Å². The molecule has 0 unspecified atom stereocenters. The quantitative estimate of drug-likeness (QED) is 0.170. The first kappa shape index (κ1) is 39.2. The summed E-state index contributed by atoms with van der Waals surface area (Å²) in [5.74, 6) is -1.93. The van der Waals surface area contributed by atoms with Gasteiger partial charge in [0.25, 0.3) is 0 Å². The number of nitrogens with one attached hydrogen (secondary N) is 3. The Morgan fingerprint density at radius 1 is 0.938 bits per heavy atom. The number of aromatic hydroxyl groups is 1. The van der Waals surface area contributed by atoms with Gasteiger partial charge in [0.1, 0.15) is 17.8 Å². The van der Waals surface area contributed by atoms with Crippen LogP contribution in [-0.4, -0.2) is 91.2 Å². The van der Waals surface area contributed by atoms with Crippen molar-refractivity contribution in [2.24, 2.45) is 11.8 Å². The van der Waals surface area contributed by atoms with Crippen LogP contribution in [-0.2, 0) is 30.3 Å². The second-order valence-corrected chi connectivity index (χ2v) is 13.6. The maximum atomic E-state index is 14.3. The molecule has 0 saturated heterocycles. The molecule has 0 aliphatic carbocycles. The van der Waals surface area contributed by atoms with Crippen LogP contribution >= 0.6 is 15.9 Å². The van der Waals surface area contributed by atoms with Crippen molar-refractivity contribution in [3.63, 3.8) is 0 Å². The van der Waals surface area contributed by atoms with Gasteiger partial charge in [-0.2, -0.15) is 0 Å². The zero-order chi connectivity index (χ0) is 34.4. The van der Waals surface area contributed by atoms with Gasteiger partial charge in [-0.05, 0) is 84.8 Å². The number of likely N-dealkylation sites (N-methyl/N-ethyl adjacent to an activating group) is 1. The van der Waals surface area contributed by atoms with E-state index in [4.69, 9.17) is 4.74 Å². The molecule has 0 spiro atoms. The third-order valence-corrected chi connectivity index (χ3v) is 9.35. The third kappa shape index (κ3) is 10.2. The molecule has 2 aromatic carbocycles. The molecule has 4 rings (SSSR count). The zero-order valence-electron chi connectivity index (χ0n) is 28.5. The SMILES string of the molecule is C/C1=C\[C@H](C)C[C@H](C)OC(=O)C[C@H](c2ccc(O)cc2)NC(=O)[C@@H](Cc2c(Br)[nH]c3ccccc23)N(C)C(=O)[C@H](C)NC(=O)[C@@H](C)C1.[PbH2]. The summed E-state index contributed by atoms with van der Waals surface area (Å²) >= 11 is 3.60. The Kier molecular flexibility index (Phi) is 14.3. The van der Waals surface area contributed by atoms with Gasteiger partial charge >= 0.3 is 33.3 Å². The second kappa shape index (κ2) is 17.5. The van der Waals surface area contributed by atoms with Gasteiger partial charge in [0.05, 0.1) is 23.2 Å². The molecule has 48 heavy (non-hydrogen) atoms. The molecule has 258 valence electrons. The fourth-order valence-corrected chi connectivity index (χ4v) is 6.87. The van der Waals surface area contributed by atoms with E-state index in [2.05, 4.69) is 37.6 Å². The predicted molar refractivity (Wildman–Crippen MR) is 193 cm³/mol. The van der Waals surface area contributed by atoms with Crippen LogP contribution in [0.1, 0.15) is 71.0 Å². The first-order valence-electron chi connectivity index (χ1n) is 16.0. The number of hydrogen-bond acceptors (Lipinski definition) is 6. The zero-order valence-corrected chi connectivity index (χ0v) is 35.6. The monoisotopic (exact) mass is 918 g/mol. The number of H-pyrrole nitrogens is 1. The molecule has 1 aliphatic rings. The van der Waals surface area contributed by atoms with Gasteiger partial charge < -0.3 is 30.4 Å². The van der Waals surface area contributed by atoms with Crippen molar-refractivity contribution in [3.8, 4) is 5.75 Å². The van der Waals surface area contributed by atoms with Gasteiger partial charge in [-0.1, -0.05) is 55.8 Å². The van der Waals surface area contributed by atoms with E-state index in [0.717, 1.165) is 22.0 Å². The van der Waals surface area contributed by atoms with Crippen LogP contribution < -0.4 is 10.6 Å². The number of ether oxygens (including phenoxy) is 1. The summed E-state index contributed by atoms with van der Waals surface area (Å²) in [5.41, 5.74) is 3.29. The van der Waals surface area contributed by atoms with Crippen molar-refractivity contribution in [2.75, 3.05) is 7.05 Å². The molecule has 3 amide bonds. The number of esters is 1. The van der Waals surface area contributed by atoms with E-state index in [1.807, 2.05) is 52.0 Å². The van der Waals surface area contributed by atoms with Crippen molar-refractivity contribution in [3.05, 3.63) is 75.9 Å². The molecule has 4 N–H and O–H groups in total. The number of allylic oxidation sites excluding steroid dienone is 2. The van der Waals surface area contributed by atoms with Crippen molar-refractivity contribution < 1.29 is 29.0 Å². The van der Waals surface area contributed by atoms with Gasteiger partial charge in [-0.3, -0.25) is 19.2 Å². The van der Waals surface area contributed by atoms with Crippen LogP contribution in [0.3, 0.4) is 0 Å². The van der Waals surface area contributed by atoms with Crippen LogP contribution in [0.15, 0.2) is 64.8 Å². The summed E-state index contributed by atoms with van der Waals surface area (Å²) in [5, 5.41) is 16.7. The van der Waals surface area contributed by atoms with E-state index in [1.165, 1.54) is 17.0 Å².